The van der Waals surface area contributed by atoms with Crippen molar-refractivity contribution in [3.05, 3.63) is 27.2 Å². The predicted octanol–water partition coefficient (Wildman–Crippen LogP) is -2.86. The molecule has 6 N–H and O–H groups in total. The minimum absolute atomic E-state index is 0.0449. The van der Waals surface area contributed by atoms with E-state index in [0.29, 0.717) is 0 Å². The predicted molar refractivity (Wildman–Crippen MR) is 74.9 cm³/mol. The highest BCUT2D eigenvalue weighted by Gasteiger charge is 2.45. The number of H-pyrrole nitrogens is 2. The number of hydrogen-bond acceptors (Lipinski definition) is 8. The van der Waals surface area contributed by atoms with Gasteiger partial charge in [-0.3, -0.25) is 23.9 Å². The van der Waals surface area contributed by atoms with Gasteiger partial charge in [0, 0.05) is 0 Å². The average molecular weight is 364 g/mol. The SMILES string of the molecule is O=c1[nH]c(=O)c2ncn([C@@H]3O[C@H](COP(=O)(O)O)[C@H](O)C3O)c2[nH]1. The summed E-state index contributed by atoms with van der Waals surface area (Å²) in [5.74, 6) is 0. The van der Waals surface area contributed by atoms with E-state index in [1.807, 2.05) is 4.98 Å². The zero-order valence-corrected chi connectivity index (χ0v) is 12.7. The number of aliphatic hydroxyl groups is 2. The largest absolute Gasteiger partial charge is 0.469 e. The molecule has 24 heavy (non-hydrogen) atoms. The highest BCUT2D eigenvalue weighted by molar-refractivity contribution is 7.46. The Balaban J connectivity index is 1.92. The van der Waals surface area contributed by atoms with Gasteiger partial charge >= 0.3 is 13.5 Å². The first-order valence-corrected chi connectivity index (χ1v) is 8.11. The van der Waals surface area contributed by atoms with Gasteiger partial charge in [0.25, 0.3) is 5.56 Å². The number of phosphoric ester groups is 1. The van der Waals surface area contributed by atoms with Crippen LogP contribution in [0, 0.1) is 0 Å². The zero-order valence-electron chi connectivity index (χ0n) is 11.8. The van der Waals surface area contributed by atoms with E-state index in [4.69, 9.17) is 14.5 Å². The summed E-state index contributed by atoms with van der Waals surface area (Å²) in [7, 11) is -4.78. The van der Waals surface area contributed by atoms with E-state index in [0.717, 1.165) is 10.9 Å². The first-order valence-electron chi connectivity index (χ1n) is 6.58. The van der Waals surface area contributed by atoms with E-state index >= 15 is 0 Å². The Morgan fingerprint density at radius 3 is 2.67 bits per heavy atom. The number of ether oxygens (including phenoxy) is 1. The van der Waals surface area contributed by atoms with E-state index in [2.05, 4.69) is 14.5 Å². The second-order valence-corrected chi connectivity index (χ2v) is 6.33. The summed E-state index contributed by atoms with van der Waals surface area (Å²) >= 11 is 0. The Morgan fingerprint density at radius 2 is 2.00 bits per heavy atom. The van der Waals surface area contributed by atoms with E-state index in [-0.39, 0.29) is 11.2 Å². The number of aromatic amines is 2. The van der Waals surface area contributed by atoms with Gasteiger partial charge in [-0.2, -0.15) is 0 Å². The molecule has 0 radical (unpaired) electrons. The van der Waals surface area contributed by atoms with Crippen molar-refractivity contribution in [2.45, 2.75) is 24.5 Å². The van der Waals surface area contributed by atoms with Gasteiger partial charge in [-0.25, -0.2) is 14.3 Å². The van der Waals surface area contributed by atoms with Crippen LogP contribution in [0.2, 0.25) is 0 Å². The van der Waals surface area contributed by atoms with Crippen molar-refractivity contribution in [3.8, 4) is 0 Å². The van der Waals surface area contributed by atoms with Gasteiger partial charge in [0.1, 0.15) is 24.0 Å². The summed E-state index contributed by atoms with van der Waals surface area (Å²) in [6.45, 7) is -0.678. The van der Waals surface area contributed by atoms with Gasteiger partial charge < -0.3 is 24.7 Å². The Labute approximate surface area is 131 Å². The van der Waals surface area contributed by atoms with Crippen molar-refractivity contribution in [1.29, 1.82) is 0 Å². The first-order chi connectivity index (χ1) is 11.2. The molecule has 4 atom stereocenters. The smallest absolute Gasteiger partial charge is 0.387 e. The lowest BCUT2D eigenvalue weighted by molar-refractivity contribution is -0.0504. The fourth-order valence-corrected chi connectivity index (χ4v) is 2.75. The molecule has 3 heterocycles. The lowest BCUT2D eigenvalue weighted by Gasteiger charge is -2.16. The molecule has 0 saturated carbocycles. The number of aliphatic hydroxyl groups excluding tert-OH is 2. The maximum Gasteiger partial charge on any atom is 0.469 e. The number of nitrogens with one attached hydrogen (secondary N) is 2. The molecule has 0 spiro atoms. The van der Waals surface area contributed by atoms with Gasteiger partial charge in [0.15, 0.2) is 11.7 Å². The number of hydrogen-bond donors (Lipinski definition) is 6. The van der Waals surface area contributed by atoms with E-state index < -0.39 is 50.2 Å². The van der Waals surface area contributed by atoms with Gasteiger partial charge in [-0.05, 0) is 0 Å². The molecular formula is C10H13N4O9P. The second-order valence-electron chi connectivity index (χ2n) is 5.09. The first kappa shape index (κ1) is 17.0. The summed E-state index contributed by atoms with van der Waals surface area (Å²) in [5, 5.41) is 20.0. The van der Waals surface area contributed by atoms with Crippen LogP contribution in [-0.2, 0) is 13.8 Å². The quantitative estimate of drug-likeness (QED) is 0.307. The maximum absolute atomic E-state index is 11.6. The minimum Gasteiger partial charge on any atom is -0.387 e. The molecule has 1 saturated heterocycles. The molecule has 1 unspecified atom stereocenters. The van der Waals surface area contributed by atoms with E-state index in [9.17, 15) is 24.4 Å². The lowest BCUT2D eigenvalue weighted by atomic mass is 10.1. The lowest BCUT2D eigenvalue weighted by Crippen LogP contribution is -2.33. The fourth-order valence-electron chi connectivity index (χ4n) is 2.41. The number of phosphoric acid groups is 1. The van der Waals surface area contributed by atoms with Crippen LogP contribution >= 0.6 is 7.82 Å². The normalized spacial score (nSPS) is 27.8. The molecule has 1 aliphatic heterocycles. The Kier molecular flexibility index (Phi) is 4.17. The molecule has 0 amide bonds. The zero-order chi connectivity index (χ0) is 17.6. The third-order valence-corrected chi connectivity index (χ3v) is 3.97. The maximum atomic E-state index is 11.6. The monoisotopic (exact) mass is 364 g/mol. The van der Waals surface area contributed by atoms with Crippen LogP contribution in [0.5, 0.6) is 0 Å². The molecule has 2 aromatic rings. The average Bonchev–Trinajstić information content (AvgIpc) is 3.00. The number of fused-ring (bicyclic) bond motifs is 1. The van der Waals surface area contributed by atoms with Gasteiger partial charge in [0.2, 0.25) is 0 Å². The number of nitrogens with zero attached hydrogens (tertiary/aromatic N) is 2. The molecule has 132 valence electrons. The van der Waals surface area contributed by atoms with Crippen molar-refractivity contribution in [2.75, 3.05) is 6.61 Å². The summed E-state index contributed by atoms with van der Waals surface area (Å²) < 4.78 is 21.4. The molecule has 13 nitrogen and oxygen atoms in total. The molecule has 1 aliphatic rings. The van der Waals surface area contributed by atoms with Crippen LogP contribution in [0.15, 0.2) is 15.9 Å². The topological polar surface area (TPSA) is 200 Å². The molecule has 0 bridgehead atoms. The van der Waals surface area contributed by atoms with Crippen molar-refractivity contribution in [2.24, 2.45) is 0 Å². The third-order valence-electron chi connectivity index (χ3n) is 3.49. The number of imidazole rings is 1. The van der Waals surface area contributed by atoms with Crippen LogP contribution < -0.4 is 11.2 Å². The molecular weight excluding hydrogens is 351 g/mol. The molecule has 2 aromatic heterocycles. The van der Waals surface area contributed by atoms with Crippen LogP contribution in [0.3, 0.4) is 0 Å². The standard InChI is InChI=1S/C10H13N4O9P/c15-5-3(1-22-24(19,20)21)23-9(6(5)16)14-2-11-4-7(14)12-10(18)13-8(4)17/h2-3,5-6,9,15-16H,1H2,(H2,19,20,21)(H2,12,13,17,18)/t3-,5+,6?,9-/m1/s1. The van der Waals surface area contributed by atoms with Gasteiger partial charge in [0.05, 0.1) is 12.9 Å². The highest BCUT2D eigenvalue weighted by Crippen LogP contribution is 2.38. The molecule has 0 aromatic carbocycles. The minimum atomic E-state index is -4.78. The number of rotatable bonds is 4. The second kappa shape index (κ2) is 5.89. The molecule has 3 rings (SSSR count). The Bertz CT molecular complexity index is 913. The van der Waals surface area contributed by atoms with Crippen LogP contribution in [0.1, 0.15) is 6.23 Å². The summed E-state index contributed by atoms with van der Waals surface area (Å²) in [5.41, 5.74) is -1.71. The summed E-state index contributed by atoms with van der Waals surface area (Å²) in [6.07, 6.45) is -4.43. The summed E-state index contributed by atoms with van der Waals surface area (Å²) in [4.78, 5) is 48.5. The summed E-state index contributed by atoms with van der Waals surface area (Å²) in [6, 6.07) is 0. The molecule has 0 aliphatic carbocycles. The van der Waals surface area contributed by atoms with Crippen LogP contribution in [-0.4, -0.2) is 64.4 Å². The molecule has 1 fully saturated rings. The van der Waals surface area contributed by atoms with Crippen LogP contribution in [0.4, 0.5) is 0 Å². The van der Waals surface area contributed by atoms with Crippen molar-refractivity contribution < 1.29 is 33.8 Å². The molecule has 14 heteroatoms. The van der Waals surface area contributed by atoms with Gasteiger partial charge in [-0.15, -0.1) is 0 Å². The fraction of sp³-hybridized carbons (Fsp3) is 0.500. The van der Waals surface area contributed by atoms with Crippen LogP contribution in [0.25, 0.3) is 11.2 Å². The third kappa shape index (κ3) is 3.06. The van der Waals surface area contributed by atoms with Gasteiger partial charge in [-0.1, -0.05) is 0 Å². The Morgan fingerprint density at radius 1 is 1.29 bits per heavy atom. The van der Waals surface area contributed by atoms with Crippen molar-refractivity contribution in [1.82, 2.24) is 19.5 Å². The highest BCUT2D eigenvalue weighted by atomic mass is 31.2. The van der Waals surface area contributed by atoms with E-state index in [1.54, 1.807) is 0 Å². The van der Waals surface area contributed by atoms with Crippen molar-refractivity contribution >= 4 is 19.0 Å². The van der Waals surface area contributed by atoms with Crippen molar-refractivity contribution in [3.63, 3.8) is 0 Å². The Hall–Kier alpha value is -1.86. The van der Waals surface area contributed by atoms with E-state index in [1.165, 1.54) is 0 Å². The number of aromatic nitrogens is 4.